The molecule has 2 aliphatic rings. The highest BCUT2D eigenvalue weighted by Gasteiger charge is 2.50. The van der Waals surface area contributed by atoms with E-state index in [0.717, 1.165) is 43.0 Å². The van der Waals surface area contributed by atoms with Crippen molar-refractivity contribution in [2.45, 2.75) is 57.0 Å². The quantitative estimate of drug-likeness (QED) is 0.634. The van der Waals surface area contributed by atoms with Gasteiger partial charge in [-0.2, -0.15) is 0 Å². The van der Waals surface area contributed by atoms with E-state index >= 15 is 0 Å². The van der Waals surface area contributed by atoms with E-state index in [0.29, 0.717) is 17.2 Å². The molecule has 0 aromatic heterocycles. The lowest BCUT2D eigenvalue weighted by Gasteiger charge is -2.45. The first-order valence-electron chi connectivity index (χ1n) is 11.4. The van der Waals surface area contributed by atoms with Crippen molar-refractivity contribution in [1.82, 2.24) is 10.2 Å². The highest BCUT2D eigenvalue weighted by atomic mass is 32.1. The average molecular weight is 454 g/mol. The number of hydrogen-bond donors (Lipinski definition) is 2. The summed E-state index contributed by atoms with van der Waals surface area (Å²) < 4.78 is 11.1. The third-order valence-electron chi connectivity index (χ3n) is 7.30. The number of thiocarbonyl (C=S) groups is 1. The molecule has 1 aliphatic heterocycles. The minimum Gasteiger partial charge on any atom is -0.493 e. The lowest BCUT2D eigenvalue weighted by atomic mass is 9.65. The zero-order valence-corrected chi connectivity index (χ0v) is 20.6. The van der Waals surface area contributed by atoms with E-state index in [9.17, 15) is 0 Å². The Kier molecular flexibility index (Phi) is 6.63. The predicted molar refractivity (Wildman–Crippen MR) is 135 cm³/mol. The first kappa shape index (κ1) is 22.9. The summed E-state index contributed by atoms with van der Waals surface area (Å²) in [5.41, 5.74) is 5.03. The summed E-state index contributed by atoms with van der Waals surface area (Å²) in [4.78, 5) is 2.52. The highest BCUT2D eigenvalue weighted by molar-refractivity contribution is 7.80. The second-order valence-corrected chi connectivity index (χ2v) is 9.83. The average Bonchev–Trinajstić information content (AvgIpc) is 3.09. The second-order valence-electron chi connectivity index (χ2n) is 9.42. The number of benzene rings is 2. The number of hydrogen-bond acceptors (Lipinski definition) is 4. The van der Waals surface area contributed by atoms with Crippen molar-refractivity contribution < 1.29 is 9.47 Å². The summed E-state index contributed by atoms with van der Waals surface area (Å²) in [6.07, 6.45) is 4.45. The van der Waals surface area contributed by atoms with Crippen LogP contribution in [0.2, 0.25) is 0 Å². The lowest BCUT2D eigenvalue weighted by Crippen LogP contribution is -2.52. The van der Waals surface area contributed by atoms with E-state index in [1.807, 2.05) is 6.07 Å². The fourth-order valence-electron chi connectivity index (χ4n) is 5.79. The van der Waals surface area contributed by atoms with E-state index in [1.165, 1.54) is 23.1 Å². The van der Waals surface area contributed by atoms with E-state index in [2.05, 4.69) is 66.8 Å². The molecule has 32 heavy (non-hydrogen) atoms. The monoisotopic (exact) mass is 453 g/mol. The number of methoxy groups -OCH3 is 2. The van der Waals surface area contributed by atoms with Gasteiger partial charge in [0.25, 0.3) is 0 Å². The Morgan fingerprint density at radius 1 is 1.03 bits per heavy atom. The third-order valence-corrected chi connectivity index (χ3v) is 7.52. The Morgan fingerprint density at radius 2 is 1.75 bits per heavy atom. The minimum absolute atomic E-state index is 0.148. The fraction of sp³-hybridized carbons (Fsp3) is 0.500. The van der Waals surface area contributed by atoms with Crippen LogP contribution >= 0.6 is 12.2 Å². The Morgan fingerprint density at radius 3 is 2.44 bits per heavy atom. The van der Waals surface area contributed by atoms with Crippen LogP contribution in [0, 0.1) is 13.8 Å². The number of fused-ring (bicyclic) bond motifs is 1. The molecule has 2 N–H and O–H groups in total. The summed E-state index contributed by atoms with van der Waals surface area (Å²) >= 11 is 5.67. The SMILES string of the molecule is COc1ccc(C23CCC(NC(=S)Nc4cc(C)cc(C)c4)CC2N(C)CC3)cc1OC. The topological polar surface area (TPSA) is 45.8 Å². The van der Waals surface area contributed by atoms with Gasteiger partial charge in [0.05, 0.1) is 14.2 Å². The van der Waals surface area contributed by atoms with Gasteiger partial charge in [0, 0.05) is 23.2 Å². The van der Waals surface area contributed by atoms with Gasteiger partial charge in [-0.1, -0.05) is 12.1 Å². The molecule has 0 bridgehead atoms. The summed E-state index contributed by atoms with van der Waals surface area (Å²) in [6, 6.07) is 13.7. The molecule has 1 saturated heterocycles. The van der Waals surface area contributed by atoms with Crippen LogP contribution in [0.4, 0.5) is 5.69 Å². The van der Waals surface area contributed by atoms with Gasteiger partial charge in [-0.15, -0.1) is 0 Å². The summed E-state index contributed by atoms with van der Waals surface area (Å²) in [5.74, 6) is 1.60. The molecule has 2 aromatic carbocycles. The molecular weight excluding hydrogens is 418 g/mol. The molecular formula is C26H35N3O2S. The van der Waals surface area contributed by atoms with Crippen molar-refractivity contribution in [1.29, 1.82) is 0 Å². The largest absolute Gasteiger partial charge is 0.493 e. The first-order chi connectivity index (χ1) is 15.3. The van der Waals surface area contributed by atoms with Gasteiger partial charge in [-0.05, 0) is 106 Å². The Hall–Kier alpha value is -2.31. The van der Waals surface area contributed by atoms with Crippen LogP contribution in [0.3, 0.4) is 0 Å². The van der Waals surface area contributed by atoms with Crippen molar-refractivity contribution in [2.75, 3.05) is 33.1 Å². The molecule has 1 saturated carbocycles. The van der Waals surface area contributed by atoms with Crippen molar-refractivity contribution in [3.05, 3.63) is 53.1 Å². The maximum atomic E-state index is 5.67. The number of anilines is 1. The molecule has 4 rings (SSSR count). The van der Waals surface area contributed by atoms with Gasteiger partial charge in [0.1, 0.15) is 0 Å². The number of rotatable bonds is 5. The molecule has 3 unspecified atom stereocenters. The van der Waals surface area contributed by atoms with Crippen molar-refractivity contribution in [3.8, 4) is 11.5 Å². The lowest BCUT2D eigenvalue weighted by molar-refractivity contribution is 0.161. The summed E-state index contributed by atoms with van der Waals surface area (Å²) in [7, 11) is 5.65. The molecule has 0 amide bonds. The Balaban J connectivity index is 1.48. The minimum atomic E-state index is 0.148. The van der Waals surface area contributed by atoms with Crippen LogP contribution in [0.25, 0.3) is 0 Å². The van der Waals surface area contributed by atoms with Crippen LogP contribution in [0.15, 0.2) is 36.4 Å². The maximum absolute atomic E-state index is 5.67. The van der Waals surface area contributed by atoms with Crippen LogP contribution < -0.4 is 20.1 Å². The molecule has 1 aliphatic carbocycles. The van der Waals surface area contributed by atoms with Gasteiger partial charge >= 0.3 is 0 Å². The molecule has 5 nitrogen and oxygen atoms in total. The fourth-order valence-corrected chi connectivity index (χ4v) is 6.08. The molecule has 1 heterocycles. The predicted octanol–water partition coefficient (Wildman–Crippen LogP) is 4.80. The molecule has 2 fully saturated rings. The van der Waals surface area contributed by atoms with Crippen LogP contribution in [-0.4, -0.2) is 49.9 Å². The van der Waals surface area contributed by atoms with Crippen molar-refractivity contribution in [2.24, 2.45) is 0 Å². The molecule has 0 radical (unpaired) electrons. The number of aryl methyl sites for hydroxylation is 2. The zero-order chi connectivity index (χ0) is 22.9. The van der Waals surface area contributed by atoms with E-state index in [-0.39, 0.29) is 5.41 Å². The summed E-state index contributed by atoms with van der Waals surface area (Å²) in [5, 5.41) is 7.69. The first-order valence-corrected chi connectivity index (χ1v) is 11.8. The number of nitrogens with one attached hydrogen (secondary N) is 2. The molecule has 172 valence electrons. The molecule has 3 atom stereocenters. The van der Waals surface area contributed by atoms with Crippen LogP contribution in [-0.2, 0) is 5.41 Å². The van der Waals surface area contributed by atoms with Gasteiger partial charge in [0.2, 0.25) is 0 Å². The standard InChI is InChI=1S/C26H35N3O2S/c1-17-12-18(2)14-21(13-17)28-25(32)27-20-8-9-26(10-11-29(3)24(26)16-20)19-6-7-22(30-4)23(15-19)31-5/h6-7,12-15,20,24H,8-11,16H2,1-5H3,(H2,27,28,32). The smallest absolute Gasteiger partial charge is 0.170 e. The van der Waals surface area contributed by atoms with Crippen LogP contribution in [0.5, 0.6) is 11.5 Å². The number of nitrogens with zero attached hydrogens (tertiary/aromatic N) is 1. The second kappa shape index (κ2) is 9.28. The van der Waals surface area contributed by atoms with E-state index in [4.69, 9.17) is 21.7 Å². The van der Waals surface area contributed by atoms with E-state index in [1.54, 1.807) is 14.2 Å². The molecule has 6 heteroatoms. The van der Waals surface area contributed by atoms with Crippen LogP contribution in [0.1, 0.15) is 42.4 Å². The van der Waals surface area contributed by atoms with Crippen molar-refractivity contribution in [3.63, 3.8) is 0 Å². The normalized spacial score (nSPS) is 25.2. The van der Waals surface area contributed by atoms with Gasteiger partial charge < -0.3 is 25.0 Å². The number of ether oxygens (including phenoxy) is 2. The summed E-state index contributed by atoms with van der Waals surface area (Å²) in [6.45, 7) is 5.33. The van der Waals surface area contributed by atoms with Gasteiger partial charge in [-0.3, -0.25) is 0 Å². The highest BCUT2D eigenvalue weighted by Crippen LogP contribution is 2.49. The van der Waals surface area contributed by atoms with Gasteiger partial charge in [0.15, 0.2) is 16.6 Å². The number of likely N-dealkylation sites (N-methyl/N-ethyl adjacent to an activating group) is 1. The molecule has 2 aromatic rings. The Labute approximate surface area is 197 Å². The number of likely N-dealkylation sites (tertiary alicyclic amines) is 1. The van der Waals surface area contributed by atoms with Gasteiger partial charge in [-0.25, -0.2) is 0 Å². The molecule has 0 spiro atoms. The Bertz CT molecular complexity index is 975. The third kappa shape index (κ3) is 4.44. The zero-order valence-electron chi connectivity index (χ0n) is 19.8. The van der Waals surface area contributed by atoms with E-state index < -0.39 is 0 Å². The maximum Gasteiger partial charge on any atom is 0.170 e. The van der Waals surface area contributed by atoms with Crippen molar-refractivity contribution >= 4 is 23.0 Å².